The molecule has 3 nitrogen and oxygen atoms in total. The Morgan fingerprint density at radius 2 is 1.53 bits per heavy atom. The summed E-state index contributed by atoms with van der Waals surface area (Å²) in [6.45, 7) is 10.1. The van der Waals surface area contributed by atoms with Crippen LogP contribution in [0.3, 0.4) is 0 Å². The zero-order valence-corrected chi connectivity index (χ0v) is 12.0. The molecule has 3 heteroatoms. The van der Waals surface area contributed by atoms with E-state index in [1.807, 2.05) is 6.92 Å². The topological polar surface area (TPSA) is 62.9 Å². The Labute approximate surface area is 113 Å². The van der Waals surface area contributed by atoms with Gasteiger partial charge in [0, 0.05) is 5.56 Å². The Morgan fingerprint density at radius 3 is 2.00 bits per heavy atom. The Balaban J connectivity index is 2.92. The number of benzene rings is 1. The highest BCUT2D eigenvalue weighted by Crippen LogP contribution is 2.39. The van der Waals surface area contributed by atoms with Crippen molar-refractivity contribution in [3.05, 3.63) is 39.6 Å². The molecule has 19 heavy (non-hydrogen) atoms. The quantitative estimate of drug-likeness (QED) is 0.838. The molecule has 0 radical (unpaired) electrons. The smallest absolute Gasteiger partial charge is 0.209 e. The average molecular weight is 254 g/mol. The first-order chi connectivity index (χ1) is 8.88. The van der Waals surface area contributed by atoms with Crippen LogP contribution in [0.4, 0.5) is 5.88 Å². The molecule has 0 bridgehead atoms. The first-order valence-electron chi connectivity index (χ1n) is 6.25. The normalized spacial score (nSPS) is 10.5. The van der Waals surface area contributed by atoms with Crippen LogP contribution in [0.25, 0.3) is 11.1 Å². The lowest BCUT2D eigenvalue weighted by Crippen LogP contribution is -1.97. The van der Waals surface area contributed by atoms with Crippen molar-refractivity contribution < 1.29 is 4.42 Å². The van der Waals surface area contributed by atoms with Crippen molar-refractivity contribution in [2.75, 3.05) is 5.73 Å². The molecule has 0 aliphatic heterocycles. The van der Waals surface area contributed by atoms with Crippen LogP contribution < -0.4 is 5.73 Å². The van der Waals surface area contributed by atoms with Crippen LogP contribution in [0.2, 0.25) is 0 Å². The predicted molar refractivity (Wildman–Crippen MR) is 77.0 cm³/mol. The second-order valence-corrected chi connectivity index (χ2v) is 5.02. The van der Waals surface area contributed by atoms with E-state index in [2.05, 4.69) is 39.8 Å². The number of aryl methyl sites for hydroxylation is 3. The van der Waals surface area contributed by atoms with Crippen molar-refractivity contribution in [2.24, 2.45) is 0 Å². The van der Waals surface area contributed by atoms with Crippen LogP contribution in [-0.4, -0.2) is 0 Å². The van der Waals surface area contributed by atoms with Gasteiger partial charge in [-0.05, 0) is 62.4 Å². The van der Waals surface area contributed by atoms with Gasteiger partial charge in [-0.25, -0.2) is 0 Å². The van der Waals surface area contributed by atoms with E-state index in [9.17, 15) is 5.26 Å². The molecule has 0 aliphatic carbocycles. The molecule has 2 aromatic rings. The van der Waals surface area contributed by atoms with Gasteiger partial charge in [-0.3, -0.25) is 0 Å². The van der Waals surface area contributed by atoms with Crippen molar-refractivity contribution in [3.8, 4) is 17.2 Å². The predicted octanol–water partition coefficient (Wildman–Crippen LogP) is 3.94. The highest BCUT2D eigenvalue weighted by molar-refractivity contribution is 5.82. The minimum Gasteiger partial charge on any atom is -0.444 e. The lowest BCUT2D eigenvalue weighted by molar-refractivity contribution is 0.554. The lowest BCUT2D eigenvalue weighted by Gasteiger charge is -2.15. The van der Waals surface area contributed by atoms with Gasteiger partial charge in [-0.15, -0.1) is 0 Å². The first kappa shape index (κ1) is 13.2. The number of nitriles is 1. The molecule has 0 amide bonds. The summed E-state index contributed by atoms with van der Waals surface area (Å²) < 4.78 is 5.44. The molecular formula is C16H18N2O. The largest absolute Gasteiger partial charge is 0.444 e. The summed E-state index contributed by atoms with van der Waals surface area (Å²) in [6.07, 6.45) is 0. The molecular weight excluding hydrogens is 236 g/mol. The van der Waals surface area contributed by atoms with E-state index >= 15 is 0 Å². The summed E-state index contributed by atoms with van der Waals surface area (Å²) >= 11 is 0. The van der Waals surface area contributed by atoms with Gasteiger partial charge in [0.15, 0.2) is 0 Å². The Kier molecular flexibility index (Phi) is 3.11. The molecule has 0 fully saturated rings. The van der Waals surface area contributed by atoms with Gasteiger partial charge in [-0.1, -0.05) is 6.07 Å². The van der Waals surface area contributed by atoms with Crippen LogP contribution in [0.15, 0.2) is 10.5 Å². The van der Waals surface area contributed by atoms with E-state index in [-0.39, 0.29) is 5.88 Å². The molecule has 0 unspecified atom stereocenters. The van der Waals surface area contributed by atoms with Gasteiger partial charge in [-0.2, -0.15) is 5.26 Å². The number of rotatable bonds is 1. The summed E-state index contributed by atoms with van der Waals surface area (Å²) in [5.74, 6) is 0.901. The number of nitrogen functional groups attached to an aromatic ring is 1. The fourth-order valence-electron chi connectivity index (χ4n) is 2.57. The second kappa shape index (κ2) is 4.47. The number of hydrogen-bond donors (Lipinski definition) is 1. The molecule has 1 aromatic carbocycles. The molecule has 1 aromatic heterocycles. The Bertz CT molecular complexity index is 677. The third-order valence-electron chi connectivity index (χ3n) is 3.84. The minimum absolute atomic E-state index is 0.202. The zero-order chi connectivity index (χ0) is 14.3. The van der Waals surface area contributed by atoms with Gasteiger partial charge >= 0.3 is 0 Å². The number of anilines is 1. The molecule has 2 N–H and O–H groups in total. The summed E-state index contributed by atoms with van der Waals surface area (Å²) in [4.78, 5) is 0. The van der Waals surface area contributed by atoms with Crippen LogP contribution >= 0.6 is 0 Å². The molecule has 2 rings (SSSR count). The summed E-state index contributed by atoms with van der Waals surface area (Å²) in [5.41, 5.74) is 12.9. The van der Waals surface area contributed by atoms with Crippen molar-refractivity contribution in [1.29, 1.82) is 5.26 Å². The van der Waals surface area contributed by atoms with E-state index < -0.39 is 0 Å². The van der Waals surface area contributed by atoms with E-state index in [1.165, 1.54) is 22.3 Å². The summed E-state index contributed by atoms with van der Waals surface area (Å²) in [6, 6.07) is 4.32. The fourth-order valence-corrected chi connectivity index (χ4v) is 2.57. The number of nitrogens with two attached hydrogens (primary N) is 1. The van der Waals surface area contributed by atoms with Gasteiger partial charge < -0.3 is 10.2 Å². The van der Waals surface area contributed by atoms with Crippen LogP contribution in [-0.2, 0) is 0 Å². The molecule has 1 heterocycles. The van der Waals surface area contributed by atoms with Crippen LogP contribution in [0, 0.1) is 45.9 Å². The molecule has 0 aliphatic rings. The average Bonchev–Trinajstić information content (AvgIpc) is 2.62. The standard InChI is InChI=1S/C16H18N2O/c1-8-6-9(2)11(4)14(10(8)3)15-12(5)19-16(18)13(15)7-17/h6H,18H2,1-5H3. The van der Waals surface area contributed by atoms with Crippen LogP contribution in [0.5, 0.6) is 0 Å². The Morgan fingerprint density at radius 1 is 1.00 bits per heavy atom. The number of nitrogens with zero attached hydrogens (tertiary/aromatic N) is 1. The molecule has 0 spiro atoms. The number of hydrogen-bond acceptors (Lipinski definition) is 3. The SMILES string of the molecule is Cc1cc(C)c(C)c(-c2c(C)oc(N)c2C#N)c1C. The van der Waals surface area contributed by atoms with Gasteiger partial charge in [0.1, 0.15) is 17.4 Å². The van der Waals surface area contributed by atoms with Crippen LogP contribution in [0.1, 0.15) is 33.6 Å². The molecule has 0 atom stereocenters. The maximum atomic E-state index is 9.30. The van der Waals surface area contributed by atoms with E-state index in [4.69, 9.17) is 10.2 Å². The third kappa shape index (κ3) is 1.90. The van der Waals surface area contributed by atoms with Gasteiger partial charge in [0.25, 0.3) is 0 Å². The number of furan rings is 1. The highest BCUT2D eigenvalue weighted by Gasteiger charge is 2.21. The fraction of sp³-hybridized carbons (Fsp3) is 0.312. The Hall–Kier alpha value is -2.21. The maximum absolute atomic E-state index is 9.30. The molecule has 0 saturated heterocycles. The zero-order valence-electron chi connectivity index (χ0n) is 12.0. The first-order valence-corrected chi connectivity index (χ1v) is 6.25. The van der Waals surface area contributed by atoms with E-state index in [0.29, 0.717) is 11.3 Å². The monoisotopic (exact) mass is 254 g/mol. The lowest BCUT2D eigenvalue weighted by atomic mass is 9.88. The minimum atomic E-state index is 0.202. The molecule has 0 saturated carbocycles. The van der Waals surface area contributed by atoms with Gasteiger partial charge in [0.05, 0.1) is 0 Å². The van der Waals surface area contributed by atoms with E-state index in [0.717, 1.165) is 11.1 Å². The summed E-state index contributed by atoms with van der Waals surface area (Å²) in [5, 5.41) is 9.30. The van der Waals surface area contributed by atoms with Crippen molar-refractivity contribution >= 4 is 5.88 Å². The van der Waals surface area contributed by atoms with Crippen molar-refractivity contribution in [2.45, 2.75) is 34.6 Å². The van der Waals surface area contributed by atoms with Crippen molar-refractivity contribution in [3.63, 3.8) is 0 Å². The molecule has 98 valence electrons. The second-order valence-electron chi connectivity index (χ2n) is 5.02. The van der Waals surface area contributed by atoms with Gasteiger partial charge in [0.2, 0.25) is 5.88 Å². The highest BCUT2D eigenvalue weighted by atomic mass is 16.4. The van der Waals surface area contributed by atoms with E-state index in [1.54, 1.807) is 0 Å². The van der Waals surface area contributed by atoms with Crippen molar-refractivity contribution in [1.82, 2.24) is 0 Å². The summed E-state index contributed by atoms with van der Waals surface area (Å²) in [7, 11) is 0. The third-order valence-corrected chi connectivity index (χ3v) is 3.84. The maximum Gasteiger partial charge on any atom is 0.209 e.